The number of carbonyl (C=O) groups is 1. The smallest absolute Gasteiger partial charge is 0.337 e. The quantitative estimate of drug-likeness (QED) is 0.641. The summed E-state index contributed by atoms with van der Waals surface area (Å²) in [7, 11) is 0. The van der Waals surface area contributed by atoms with Crippen molar-refractivity contribution >= 4 is 29.1 Å². The molecular formula is C13H16N2O4S. The Labute approximate surface area is 120 Å². The van der Waals surface area contributed by atoms with Gasteiger partial charge in [-0.1, -0.05) is 0 Å². The Morgan fingerprint density at radius 3 is 2.90 bits per heavy atom. The molecule has 20 heavy (non-hydrogen) atoms. The molecule has 2 N–H and O–H groups in total. The summed E-state index contributed by atoms with van der Waals surface area (Å²) in [6.07, 6.45) is 2.20. The summed E-state index contributed by atoms with van der Waals surface area (Å²) >= 11 is 1.84. The van der Waals surface area contributed by atoms with Gasteiger partial charge in [-0.05, 0) is 31.6 Å². The first-order valence-corrected chi connectivity index (χ1v) is 7.29. The number of rotatable bonds is 5. The van der Waals surface area contributed by atoms with E-state index in [0.717, 1.165) is 18.6 Å². The largest absolute Gasteiger partial charge is 0.478 e. The lowest BCUT2D eigenvalue weighted by Gasteiger charge is -2.24. The first-order chi connectivity index (χ1) is 9.41. The number of nitro benzene ring substituents is 1. The van der Waals surface area contributed by atoms with Crippen LogP contribution in [0.1, 0.15) is 30.1 Å². The lowest BCUT2D eigenvalue weighted by Crippen LogP contribution is -2.27. The van der Waals surface area contributed by atoms with Crippen molar-refractivity contribution in [2.45, 2.75) is 24.5 Å². The molecule has 108 valence electrons. The van der Waals surface area contributed by atoms with Crippen LogP contribution >= 0.6 is 11.8 Å². The predicted molar refractivity (Wildman–Crippen MR) is 78.6 cm³/mol. The molecule has 1 saturated heterocycles. The van der Waals surface area contributed by atoms with E-state index in [2.05, 4.69) is 12.2 Å². The number of hydrogen-bond donors (Lipinski definition) is 2. The molecule has 0 amide bonds. The Morgan fingerprint density at radius 2 is 2.35 bits per heavy atom. The topological polar surface area (TPSA) is 92.5 Å². The monoisotopic (exact) mass is 296 g/mol. The van der Waals surface area contributed by atoms with Gasteiger partial charge in [0.05, 0.1) is 16.2 Å². The van der Waals surface area contributed by atoms with Crippen LogP contribution in [0.5, 0.6) is 0 Å². The molecule has 0 bridgehead atoms. The maximum Gasteiger partial charge on any atom is 0.337 e. The number of nitrogens with zero attached hydrogens (tertiary/aromatic N) is 1. The molecule has 0 aliphatic carbocycles. The van der Waals surface area contributed by atoms with E-state index in [4.69, 9.17) is 5.11 Å². The van der Waals surface area contributed by atoms with Crippen molar-refractivity contribution in [1.82, 2.24) is 0 Å². The lowest BCUT2D eigenvalue weighted by molar-refractivity contribution is -0.384. The van der Waals surface area contributed by atoms with Crippen LogP contribution in [-0.2, 0) is 0 Å². The van der Waals surface area contributed by atoms with E-state index < -0.39 is 10.9 Å². The van der Waals surface area contributed by atoms with Crippen molar-refractivity contribution in [1.29, 1.82) is 0 Å². The molecular weight excluding hydrogens is 280 g/mol. The van der Waals surface area contributed by atoms with Crippen LogP contribution in [0.15, 0.2) is 18.2 Å². The number of thioether (sulfide) groups is 1. The molecule has 1 atom stereocenters. The third kappa shape index (κ3) is 3.22. The third-order valence-corrected chi connectivity index (χ3v) is 4.94. The highest BCUT2D eigenvalue weighted by atomic mass is 32.2. The lowest BCUT2D eigenvalue weighted by atomic mass is 10.1. The summed E-state index contributed by atoms with van der Waals surface area (Å²) in [6, 6.07) is 3.76. The van der Waals surface area contributed by atoms with Crippen molar-refractivity contribution in [2.24, 2.45) is 0 Å². The molecule has 0 radical (unpaired) electrons. The number of nitrogens with one attached hydrogen (secondary N) is 1. The fraction of sp³-hybridized carbons (Fsp3) is 0.462. The highest BCUT2D eigenvalue weighted by Gasteiger charge is 2.29. The summed E-state index contributed by atoms with van der Waals surface area (Å²) < 4.78 is 0.0559. The summed E-state index contributed by atoms with van der Waals surface area (Å²) in [5.41, 5.74) is 0.254. The fourth-order valence-corrected chi connectivity index (χ4v) is 3.48. The average molecular weight is 296 g/mol. The summed E-state index contributed by atoms with van der Waals surface area (Å²) in [4.78, 5) is 21.4. The van der Waals surface area contributed by atoms with Gasteiger partial charge in [0.1, 0.15) is 0 Å². The van der Waals surface area contributed by atoms with Crippen LogP contribution in [0.2, 0.25) is 0 Å². The van der Waals surface area contributed by atoms with Gasteiger partial charge in [-0.2, -0.15) is 11.8 Å². The van der Waals surface area contributed by atoms with Gasteiger partial charge >= 0.3 is 5.97 Å². The van der Waals surface area contributed by atoms with Crippen molar-refractivity contribution in [3.63, 3.8) is 0 Å². The Hall–Kier alpha value is -1.76. The zero-order valence-electron chi connectivity index (χ0n) is 11.1. The first kappa shape index (κ1) is 14.6. The van der Waals surface area contributed by atoms with Crippen molar-refractivity contribution in [3.05, 3.63) is 33.9 Å². The summed E-state index contributed by atoms with van der Waals surface area (Å²) in [6.45, 7) is 2.72. The van der Waals surface area contributed by atoms with Crippen LogP contribution in [0.3, 0.4) is 0 Å². The molecule has 1 aliphatic rings. The molecule has 1 aromatic rings. The normalized spacial score (nSPS) is 21.6. The average Bonchev–Trinajstić information content (AvgIpc) is 2.83. The van der Waals surface area contributed by atoms with Crippen molar-refractivity contribution in [2.75, 3.05) is 17.6 Å². The van der Waals surface area contributed by atoms with Crippen molar-refractivity contribution in [3.8, 4) is 0 Å². The van der Waals surface area contributed by atoms with Gasteiger partial charge in [0.2, 0.25) is 0 Å². The van der Waals surface area contributed by atoms with E-state index >= 15 is 0 Å². The maximum absolute atomic E-state index is 11.2. The Balaban J connectivity index is 2.21. The number of hydrogen-bond acceptors (Lipinski definition) is 5. The first-order valence-electron chi connectivity index (χ1n) is 6.31. The van der Waals surface area contributed by atoms with E-state index in [-0.39, 0.29) is 16.0 Å². The van der Waals surface area contributed by atoms with E-state index in [1.54, 1.807) is 0 Å². The molecule has 1 heterocycles. The number of benzene rings is 1. The number of non-ortho nitro benzene ring substituents is 1. The van der Waals surface area contributed by atoms with Crippen LogP contribution in [0, 0.1) is 10.1 Å². The van der Waals surface area contributed by atoms with E-state index in [1.165, 1.54) is 18.2 Å². The Bertz CT molecular complexity index is 541. The number of nitro groups is 1. The minimum absolute atomic E-state index is 0.0559. The molecule has 7 heteroatoms. The third-order valence-electron chi connectivity index (χ3n) is 3.40. The molecule has 0 aromatic heterocycles. The highest BCUT2D eigenvalue weighted by Crippen LogP contribution is 2.38. The summed E-state index contributed by atoms with van der Waals surface area (Å²) in [5, 5.41) is 23.0. The molecule has 1 aliphatic heterocycles. The molecule has 1 fully saturated rings. The van der Waals surface area contributed by atoms with Gasteiger partial charge < -0.3 is 10.4 Å². The van der Waals surface area contributed by atoms with E-state index in [9.17, 15) is 14.9 Å². The van der Waals surface area contributed by atoms with Crippen LogP contribution in [0.4, 0.5) is 11.4 Å². The van der Waals surface area contributed by atoms with E-state index in [0.29, 0.717) is 12.2 Å². The predicted octanol–water partition coefficient (Wildman–Crippen LogP) is 2.99. The zero-order chi connectivity index (χ0) is 14.8. The van der Waals surface area contributed by atoms with Gasteiger partial charge in [-0.25, -0.2) is 4.79 Å². The van der Waals surface area contributed by atoms with Crippen LogP contribution in [0.25, 0.3) is 0 Å². The SMILES string of the molecule is CC1(CNc2cc([N+](=O)[O-])ccc2C(=O)O)CCCS1. The maximum atomic E-state index is 11.2. The number of carboxylic acid groups (broad SMARTS) is 1. The summed E-state index contributed by atoms with van der Waals surface area (Å²) in [5.74, 6) is 0.00505. The molecule has 1 unspecified atom stereocenters. The molecule has 6 nitrogen and oxygen atoms in total. The second-order valence-electron chi connectivity index (χ2n) is 5.05. The second-order valence-corrected chi connectivity index (χ2v) is 6.73. The van der Waals surface area contributed by atoms with Crippen molar-refractivity contribution < 1.29 is 14.8 Å². The number of carboxylic acids is 1. The van der Waals surface area contributed by atoms with E-state index in [1.807, 2.05) is 11.8 Å². The standard InChI is InChI=1S/C13H16N2O4S/c1-13(5-2-6-20-13)8-14-11-7-9(15(18)19)3-4-10(11)12(16)17/h3-4,7,14H,2,5-6,8H2,1H3,(H,16,17). The molecule has 0 saturated carbocycles. The van der Waals surface area contributed by atoms with Gasteiger partial charge in [0, 0.05) is 23.4 Å². The minimum Gasteiger partial charge on any atom is -0.478 e. The molecule has 2 rings (SSSR count). The zero-order valence-corrected chi connectivity index (χ0v) is 11.9. The highest BCUT2D eigenvalue weighted by molar-refractivity contribution is 8.00. The number of aromatic carboxylic acids is 1. The molecule has 0 spiro atoms. The molecule has 1 aromatic carbocycles. The second kappa shape index (κ2) is 5.70. The van der Waals surface area contributed by atoms with Gasteiger partial charge in [0.15, 0.2) is 0 Å². The van der Waals surface area contributed by atoms with Crippen LogP contribution < -0.4 is 5.32 Å². The fourth-order valence-electron chi connectivity index (χ4n) is 2.24. The minimum atomic E-state index is -1.09. The van der Waals surface area contributed by atoms with Gasteiger partial charge in [-0.3, -0.25) is 10.1 Å². The Morgan fingerprint density at radius 1 is 1.60 bits per heavy atom. The number of anilines is 1. The van der Waals surface area contributed by atoms with Gasteiger partial charge in [0.25, 0.3) is 5.69 Å². The van der Waals surface area contributed by atoms with Gasteiger partial charge in [-0.15, -0.1) is 0 Å². The van der Waals surface area contributed by atoms with Crippen LogP contribution in [-0.4, -0.2) is 33.0 Å². The Kier molecular flexibility index (Phi) is 4.17.